The Kier molecular flexibility index (Phi) is 7.52. The van der Waals surface area contributed by atoms with Gasteiger partial charge in [0.05, 0.1) is 5.56 Å². The molecule has 0 atom stereocenters. The first-order chi connectivity index (χ1) is 27.7. The summed E-state index contributed by atoms with van der Waals surface area (Å²) in [7, 11) is 0. The van der Waals surface area contributed by atoms with Crippen LogP contribution in [0, 0.1) is 0 Å². The van der Waals surface area contributed by atoms with Crippen molar-refractivity contribution in [1.29, 1.82) is 0 Å². The molecule has 1 aliphatic carbocycles. The van der Waals surface area contributed by atoms with E-state index in [0.717, 1.165) is 45.0 Å². The number of benzene rings is 8. The summed E-state index contributed by atoms with van der Waals surface area (Å²) in [6.45, 7) is 0. The number of furan rings is 1. The number of hydrogen-bond acceptors (Lipinski definition) is 4. The molecule has 0 unspecified atom stereocenters. The highest BCUT2D eigenvalue weighted by Gasteiger charge is 2.26. The number of rotatable bonds is 6. The van der Waals surface area contributed by atoms with Crippen LogP contribution in [-0.4, -0.2) is 15.0 Å². The highest BCUT2D eigenvalue weighted by Crippen LogP contribution is 2.45. The maximum Gasteiger partial charge on any atom is 0.167 e. The van der Waals surface area contributed by atoms with Gasteiger partial charge in [0, 0.05) is 28.3 Å². The van der Waals surface area contributed by atoms with E-state index in [1.165, 1.54) is 55.6 Å². The minimum absolute atomic E-state index is 0.585. The normalized spacial score (nSPS) is 11.9. The molecule has 1 aliphatic rings. The van der Waals surface area contributed by atoms with Crippen LogP contribution in [-0.2, 0) is 6.42 Å². The molecule has 0 N–H and O–H groups in total. The Morgan fingerprint density at radius 1 is 0.321 bits per heavy atom. The molecule has 8 aromatic carbocycles. The Hall–Kier alpha value is -7.43. The fraction of sp³-hybridized carbons (Fsp3) is 0.0192. The van der Waals surface area contributed by atoms with Gasteiger partial charge in [0.1, 0.15) is 11.2 Å². The molecule has 0 saturated carbocycles. The zero-order valence-electron chi connectivity index (χ0n) is 30.4. The maximum atomic E-state index is 6.46. The third-order valence-corrected chi connectivity index (χ3v) is 11.0. The van der Waals surface area contributed by atoms with E-state index in [0.29, 0.717) is 17.5 Å². The Morgan fingerprint density at radius 3 is 1.55 bits per heavy atom. The molecule has 0 amide bonds. The lowest BCUT2D eigenvalue weighted by Crippen LogP contribution is -2.02. The van der Waals surface area contributed by atoms with E-state index in [1.807, 2.05) is 54.6 Å². The van der Waals surface area contributed by atoms with E-state index in [1.54, 1.807) is 0 Å². The third-order valence-electron chi connectivity index (χ3n) is 11.0. The van der Waals surface area contributed by atoms with Gasteiger partial charge in [-0.3, -0.25) is 0 Å². The van der Waals surface area contributed by atoms with Crippen LogP contribution in [0.1, 0.15) is 11.1 Å². The van der Waals surface area contributed by atoms with Gasteiger partial charge in [0.15, 0.2) is 17.5 Å². The van der Waals surface area contributed by atoms with Crippen molar-refractivity contribution in [2.24, 2.45) is 0 Å². The van der Waals surface area contributed by atoms with E-state index in [9.17, 15) is 0 Å². The number of nitrogens with zero attached hydrogens (tertiary/aromatic N) is 3. The number of fused-ring (bicyclic) bond motifs is 6. The van der Waals surface area contributed by atoms with E-state index >= 15 is 0 Å². The van der Waals surface area contributed by atoms with Gasteiger partial charge in [-0.05, 0) is 73.8 Å². The Bertz CT molecular complexity index is 3090. The van der Waals surface area contributed by atoms with Crippen LogP contribution >= 0.6 is 0 Å². The Balaban J connectivity index is 0.991. The van der Waals surface area contributed by atoms with E-state index in [2.05, 4.69) is 133 Å². The molecular weight excluding hydrogens is 683 g/mol. The van der Waals surface area contributed by atoms with Crippen molar-refractivity contribution in [3.63, 3.8) is 0 Å². The Morgan fingerprint density at radius 2 is 0.804 bits per heavy atom. The zero-order valence-corrected chi connectivity index (χ0v) is 30.4. The molecular formula is C52H33N3O. The van der Waals surface area contributed by atoms with Gasteiger partial charge < -0.3 is 4.42 Å². The molecule has 0 bridgehead atoms. The SMILES string of the molecule is c1ccc(-c2cccc(-c3ccc(-c4cccc5c4Cc4c(-c6nc(-c7ccccc7)nc(-c7cccc8c7oc7ccccc78)n6)cccc4-5)cc3)c2)cc1. The van der Waals surface area contributed by atoms with Gasteiger partial charge in [-0.15, -0.1) is 0 Å². The van der Waals surface area contributed by atoms with Gasteiger partial charge >= 0.3 is 0 Å². The molecule has 4 nitrogen and oxygen atoms in total. The van der Waals surface area contributed by atoms with Crippen molar-refractivity contribution in [2.75, 3.05) is 0 Å². The monoisotopic (exact) mass is 715 g/mol. The second-order valence-corrected chi connectivity index (χ2v) is 14.3. The summed E-state index contributed by atoms with van der Waals surface area (Å²) in [6.07, 6.45) is 0.777. The number of hydrogen-bond donors (Lipinski definition) is 0. The minimum atomic E-state index is 0.585. The second-order valence-electron chi connectivity index (χ2n) is 14.3. The van der Waals surface area contributed by atoms with Crippen LogP contribution in [0.5, 0.6) is 0 Å². The number of para-hydroxylation sites is 2. The molecule has 0 fully saturated rings. The molecule has 10 aromatic rings. The van der Waals surface area contributed by atoms with Crippen LogP contribution < -0.4 is 0 Å². The lowest BCUT2D eigenvalue weighted by atomic mass is 9.93. The summed E-state index contributed by atoms with van der Waals surface area (Å²) in [6, 6.07) is 66.0. The smallest absolute Gasteiger partial charge is 0.167 e. The molecule has 0 spiro atoms. The first kappa shape index (κ1) is 32.0. The van der Waals surface area contributed by atoms with Crippen LogP contribution in [0.3, 0.4) is 0 Å². The van der Waals surface area contributed by atoms with Crippen LogP contribution in [0.25, 0.3) is 101 Å². The van der Waals surface area contributed by atoms with E-state index in [-0.39, 0.29) is 0 Å². The van der Waals surface area contributed by atoms with Crippen molar-refractivity contribution in [2.45, 2.75) is 6.42 Å². The summed E-state index contributed by atoms with van der Waals surface area (Å²) in [4.78, 5) is 15.4. The lowest BCUT2D eigenvalue weighted by Gasteiger charge is -2.11. The van der Waals surface area contributed by atoms with Gasteiger partial charge in [0.25, 0.3) is 0 Å². The molecule has 2 heterocycles. The fourth-order valence-corrected chi connectivity index (χ4v) is 8.32. The van der Waals surface area contributed by atoms with Gasteiger partial charge in [-0.2, -0.15) is 0 Å². The largest absolute Gasteiger partial charge is 0.455 e. The summed E-state index contributed by atoms with van der Waals surface area (Å²) >= 11 is 0. The van der Waals surface area contributed by atoms with Crippen molar-refractivity contribution < 1.29 is 4.42 Å². The van der Waals surface area contributed by atoms with Crippen LogP contribution in [0.2, 0.25) is 0 Å². The topological polar surface area (TPSA) is 51.8 Å². The molecule has 0 saturated heterocycles. The zero-order chi connectivity index (χ0) is 37.0. The second kappa shape index (κ2) is 13.2. The first-order valence-electron chi connectivity index (χ1n) is 19.0. The fourth-order valence-electron chi connectivity index (χ4n) is 8.32. The molecule has 2 aromatic heterocycles. The van der Waals surface area contributed by atoms with Crippen molar-refractivity contribution in [3.8, 4) is 78.7 Å². The predicted octanol–water partition coefficient (Wildman–Crippen LogP) is 13.3. The van der Waals surface area contributed by atoms with Gasteiger partial charge in [-0.1, -0.05) is 170 Å². The van der Waals surface area contributed by atoms with E-state index < -0.39 is 0 Å². The van der Waals surface area contributed by atoms with Crippen LogP contribution in [0.4, 0.5) is 0 Å². The lowest BCUT2D eigenvalue weighted by molar-refractivity contribution is 0.669. The summed E-state index contributed by atoms with van der Waals surface area (Å²) in [5.74, 6) is 1.86. The van der Waals surface area contributed by atoms with Crippen molar-refractivity contribution in [1.82, 2.24) is 15.0 Å². The standard InChI is InChI=1S/C52H33N3O/c1-3-13-33(14-4-1)37-17-9-18-38(31-37)34-27-29-35(30-28-34)39-20-10-21-40-41-22-11-24-44(47(41)32-46(39)40)51-53-50(36-15-5-2-6-16-36)54-52(55-51)45-25-12-23-43-42-19-7-8-26-48(42)56-49(43)45/h1-31H,32H2. The van der Waals surface area contributed by atoms with Crippen molar-refractivity contribution >= 4 is 21.9 Å². The summed E-state index contributed by atoms with van der Waals surface area (Å²) in [5.41, 5.74) is 16.7. The van der Waals surface area contributed by atoms with E-state index in [4.69, 9.17) is 19.4 Å². The minimum Gasteiger partial charge on any atom is -0.455 e. The molecule has 4 heteroatoms. The summed E-state index contributed by atoms with van der Waals surface area (Å²) < 4.78 is 6.46. The highest BCUT2D eigenvalue weighted by atomic mass is 16.3. The Labute approximate surface area is 324 Å². The van der Waals surface area contributed by atoms with Crippen molar-refractivity contribution in [3.05, 3.63) is 199 Å². The maximum absolute atomic E-state index is 6.46. The van der Waals surface area contributed by atoms with Gasteiger partial charge in [0.2, 0.25) is 0 Å². The number of aromatic nitrogens is 3. The first-order valence-corrected chi connectivity index (χ1v) is 19.0. The predicted molar refractivity (Wildman–Crippen MR) is 228 cm³/mol. The third kappa shape index (κ3) is 5.42. The molecule has 56 heavy (non-hydrogen) atoms. The highest BCUT2D eigenvalue weighted by molar-refractivity contribution is 6.09. The van der Waals surface area contributed by atoms with Gasteiger partial charge in [-0.25, -0.2) is 15.0 Å². The van der Waals surface area contributed by atoms with Crippen LogP contribution in [0.15, 0.2) is 192 Å². The molecule has 262 valence electrons. The molecule has 0 radical (unpaired) electrons. The molecule has 11 rings (SSSR count). The average Bonchev–Trinajstić information content (AvgIpc) is 3.86. The average molecular weight is 716 g/mol. The quantitative estimate of drug-likeness (QED) is 0.172. The molecule has 0 aliphatic heterocycles. The summed E-state index contributed by atoms with van der Waals surface area (Å²) in [5, 5.41) is 2.11.